The number of anilines is 1. The first-order valence-corrected chi connectivity index (χ1v) is 17.6. The number of nitrogens with zero attached hydrogens (tertiary/aromatic N) is 7. The van der Waals surface area contributed by atoms with Crippen LogP contribution in [-0.2, 0) is 27.7 Å². The molecule has 0 bridgehead atoms. The van der Waals surface area contributed by atoms with E-state index in [9.17, 15) is 32.7 Å². The molecule has 9 rings (SSSR count). The summed E-state index contributed by atoms with van der Waals surface area (Å²) < 4.78 is 48.3. The van der Waals surface area contributed by atoms with Gasteiger partial charge in [-0.25, -0.2) is 9.97 Å². The summed E-state index contributed by atoms with van der Waals surface area (Å²) in [7, 11) is 0. The smallest absolute Gasteiger partial charge is 0.416 e. The Kier molecular flexibility index (Phi) is 7.36. The number of hydrogen-bond acceptors (Lipinski definition) is 9. The number of benzene rings is 1. The first kappa shape index (κ1) is 33.0. The summed E-state index contributed by atoms with van der Waals surface area (Å²) in [5, 5.41) is 17.7. The summed E-state index contributed by atoms with van der Waals surface area (Å²) in [6.45, 7) is 2.49. The third-order valence-electron chi connectivity index (χ3n) is 11.7. The van der Waals surface area contributed by atoms with Gasteiger partial charge >= 0.3 is 6.18 Å². The van der Waals surface area contributed by atoms with Crippen LogP contribution in [-0.4, -0.2) is 76.8 Å². The van der Waals surface area contributed by atoms with Gasteiger partial charge in [-0.1, -0.05) is 17.7 Å². The van der Waals surface area contributed by atoms with Crippen molar-refractivity contribution in [3.63, 3.8) is 0 Å². The third kappa shape index (κ3) is 4.82. The molecule has 17 heteroatoms. The van der Waals surface area contributed by atoms with Gasteiger partial charge in [-0.2, -0.15) is 22.7 Å². The Morgan fingerprint density at radius 1 is 1.19 bits per heavy atom. The van der Waals surface area contributed by atoms with E-state index < -0.39 is 23.1 Å². The lowest BCUT2D eigenvalue weighted by molar-refractivity contribution is -0.137. The lowest BCUT2D eigenvalue weighted by Crippen LogP contribution is -2.64. The summed E-state index contributed by atoms with van der Waals surface area (Å²) in [5.74, 6) is -0.624. The van der Waals surface area contributed by atoms with E-state index >= 15 is 0 Å². The number of aromatic nitrogens is 6. The number of halogens is 4. The summed E-state index contributed by atoms with van der Waals surface area (Å²) in [5.41, 5.74) is 0.565. The molecule has 0 radical (unpaired) electrons. The van der Waals surface area contributed by atoms with Crippen LogP contribution in [0.4, 0.5) is 18.9 Å². The van der Waals surface area contributed by atoms with E-state index in [4.69, 9.17) is 21.3 Å². The number of aryl methyl sites for hydroxylation is 1. The number of carbonyl (C=O) groups excluding carboxylic acids is 2. The Labute approximate surface area is 298 Å². The van der Waals surface area contributed by atoms with E-state index in [1.54, 1.807) is 16.4 Å². The molecule has 0 unspecified atom stereocenters. The Morgan fingerprint density at radius 2 is 2.02 bits per heavy atom. The van der Waals surface area contributed by atoms with Gasteiger partial charge in [0.2, 0.25) is 11.7 Å². The predicted molar refractivity (Wildman–Crippen MR) is 179 cm³/mol. The first-order chi connectivity index (χ1) is 24.9. The Hall–Kier alpha value is -4.83. The highest BCUT2D eigenvalue weighted by Crippen LogP contribution is 2.72. The molecule has 2 N–H and O–H groups in total. The number of carbonyl (C=O) groups is 2. The quantitative estimate of drug-likeness (QED) is 0.302. The van der Waals surface area contributed by atoms with E-state index in [0.29, 0.717) is 55.4 Å². The number of likely N-dealkylation sites (tertiary alicyclic amines) is 1. The second kappa shape index (κ2) is 11.6. The van der Waals surface area contributed by atoms with Crippen molar-refractivity contribution in [2.75, 3.05) is 25.1 Å². The Balaban J connectivity index is 1.12. The van der Waals surface area contributed by atoms with Crippen LogP contribution in [0.3, 0.4) is 0 Å². The molecule has 270 valence electrons. The molecular formula is C35H32ClF3N8O5. The Morgan fingerprint density at radius 3 is 2.73 bits per heavy atom. The fourth-order valence-corrected chi connectivity index (χ4v) is 9.42. The van der Waals surface area contributed by atoms with Crippen molar-refractivity contribution in [2.24, 2.45) is 11.8 Å². The van der Waals surface area contributed by atoms with Crippen LogP contribution in [0.1, 0.15) is 76.8 Å². The molecule has 3 aliphatic carbocycles. The number of alkyl halides is 3. The molecule has 1 spiro atoms. The monoisotopic (exact) mass is 736 g/mol. The van der Waals surface area contributed by atoms with Gasteiger partial charge in [0.25, 0.3) is 11.5 Å². The van der Waals surface area contributed by atoms with Crippen molar-refractivity contribution in [1.82, 2.24) is 34.0 Å². The van der Waals surface area contributed by atoms with Crippen molar-refractivity contribution >= 4 is 40.5 Å². The second-order valence-corrected chi connectivity index (χ2v) is 14.6. The maximum atomic E-state index is 14.7. The number of nitrogens with one attached hydrogen (secondary N) is 1. The largest absolute Gasteiger partial charge is 0.504 e. The van der Waals surface area contributed by atoms with Crippen LogP contribution >= 0.6 is 11.6 Å². The number of piperidine rings is 1. The normalized spacial score (nSPS) is 26.0. The molecule has 5 aliphatic rings. The van der Waals surface area contributed by atoms with Crippen LogP contribution in [0.25, 0.3) is 11.4 Å². The van der Waals surface area contributed by atoms with Crippen LogP contribution in [0, 0.1) is 18.8 Å². The molecular weight excluding hydrogens is 705 g/mol. The van der Waals surface area contributed by atoms with Crippen LogP contribution in [0.15, 0.2) is 35.4 Å². The lowest BCUT2D eigenvalue weighted by atomic mass is 9.54. The molecule has 1 saturated heterocycles. The minimum atomic E-state index is -4.60. The van der Waals surface area contributed by atoms with Crippen molar-refractivity contribution in [1.29, 1.82) is 0 Å². The van der Waals surface area contributed by atoms with Crippen LogP contribution in [0.5, 0.6) is 5.75 Å². The molecule has 5 atom stereocenters. The van der Waals surface area contributed by atoms with E-state index in [0.717, 1.165) is 43.0 Å². The Bertz CT molecular complexity index is 2310. The summed E-state index contributed by atoms with van der Waals surface area (Å²) in [6.07, 6.45) is 1.86. The predicted octanol–water partition coefficient (Wildman–Crippen LogP) is 4.49. The van der Waals surface area contributed by atoms with E-state index in [1.807, 2.05) is 6.08 Å². The highest BCUT2D eigenvalue weighted by molar-refractivity contribution is 6.33. The maximum Gasteiger partial charge on any atom is 0.416 e. The third-order valence-corrected chi connectivity index (χ3v) is 12.0. The molecule has 3 fully saturated rings. The van der Waals surface area contributed by atoms with Gasteiger partial charge < -0.3 is 24.6 Å². The number of aromatic hydroxyl groups is 1. The lowest BCUT2D eigenvalue weighted by Gasteiger charge is -2.58. The highest BCUT2D eigenvalue weighted by Gasteiger charge is 2.70. The SMILES string of the molecule is Cc1ncnc(C(=O)N2CC[C@]3(c4c(n(CC(=O)Nc5ccc(C(F)(F)F)cc5Cl)c5nc(C6=CCOCC6)nn5c4=O)[C@H]4C[C@H]43)[C@@H]3CC[C@@H]32)c1O. The van der Waals surface area contributed by atoms with Crippen molar-refractivity contribution in [3.8, 4) is 5.75 Å². The minimum Gasteiger partial charge on any atom is -0.504 e. The van der Waals surface area contributed by atoms with Gasteiger partial charge in [-0.3, -0.25) is 14.4 Å². The number of rotatable bonds is 5. The molecule has 2 amide bonds. The minimum absolute atomic E-state index is 0.0166. The zero-order chi connectivity index (χ0) is 36.3. The van der Waals surface area contributed by atoms with E-state index in [1.165, 1.54) is 10.8 Å². The summed E-state index contributed by atoms with van der Waals surface area (Å²) in [4.78, 5) is 56.8. The van der Waals surface area contributed by atoms with Gasteiger partial charge in [0.15, 0.2) is 17.3 Å². The molecule has 13 nitrogen and oxygen atoms in total. The molecule has 5 heterocycles. The zero-order valence-corrected chi connectivity index (χ0v) is 28.5. The number of amides is 2. The first-order valence-electron chi connectivity index (χ1n) is 17.2. The average molecular weight is 737 g/mol. The maximum absolute atomic E-state index is 14.7. The van der Waals surface area contributed by atoms with Gasteiger partial charge in [-0.05, 0) is 74.6 Å². The fourth-order valence-electron chi connectivity index (χ4n) is 9.19. The topological polar surface area (TPSA) is 157 Å². The van der Waals surface area contributed by atoms with Gasteiger partial charge in [0.05, 0.1) is 35.2 Å². The molecule has 3 aromatic heterocycles. The van der Waals surface area contributed by atoms with Crippen molar-refractivity contribution < 1.29 is 32.6 Å². The standard InChI is InChI=1S/C35H32ClF3N8O5/c1-16-29(49)27(41-15-40-16)32(51)45-9-8-34(20-3-5-24(20)45)21-13-19(21)28-26(34)31(50)47-33(43-30(44-47)17-6-10-52-11-7-17)46(28)14-25(48)42-23-4-2-18(12-22(23)36)35(37,38)39/h2,4,6,12,15,19-21,24,49H,3,5,7-11,13-14H2,1H3,(H,42,48)/t19-,20+,21+,24-,34-/m0/s1. The van der Waals surface area contributed by atoms with E-state index in [-0.39, 0.29) is 69.7 Å². The van der Waals surface area contributed by atoms with Crippen LogP contribution < -0.4 is 10.9 Å². The van der Waals surface area contributed by atoms with Crippen molar-refractivity contribution in [3.05, 3.63) is 80.0 Å². The zero-order valence-electron chi connectivity index (χ0n) is 27.8. The number of fused-ring (bicyclic) bond motifs is 8. The fraction of sp³-hybridized carbons (Fsp3) is 0.457. The van der Waals surface area contributed by atoms with Gasteiger partial charge in [-0.15, -0.1) is 5.10 Å². The summed E-state index contributed by atoms with van der Waals surface area (Å²) >= 11 is 6.18. The number of ether oxygens (including phenoxy) is 1. The van der Waals surface area contributed by atoms with E-state index in [2.05, 4.69) is 20.4 Å². The van der Waals surface area contributed by atoms with Crippen molar-refractivity contribution in [2.45, 2.75) is 69.1 Å². The number of hydrogen-bond donors (Lipinski definition) is 2. The summed E-state index contributed by atoms with van der Waals surface area (Å²) in [6, 6.07) is 2.54. The molecule has 2 aliphatic heterocycles. The molecule has 52 heavy (non-hydrogen) atoms. The average Bonchev–Trinajstić information content (AvgIpc) is 3.68. The van der Waals surface area contributed by atoms with Gasteiger partial charge in [0.1, 0.15) is 12.9 Å². The molecule has 4 aromatic rings. The second-order valence-electron chi connectivity index (χ2n) is 14.2. The van der Waals surface area contributed by atoms with Crippen LogP contribution in [0.2, 0.25) is 5.02 Å². The highest BCUT2D eigenvalue weighted by atomic mass is 35.5. The molecule has 2 saturated carbocycles. The van der Waals surface area contributed by atoms with Gasteiger partial charge in [0, 0.05) is 35.2 Å². The molecule has 1 aromatic carbocycles.